The molecule has 1 aromatic rings. The second-order valence-corrected chi connectivity index (χ2v) is 8.29. The monoisotopic (exact) mass is 415 g/mol. The van der Waals surface area contributed by atoms with E-state index in [1.165, 1.54) is 11.1 Å². The topological polar surface area (TPSA) is 59.0 Å². The normalized spacial score (nSPS) is 16.2. The fourth-order valence-electron chi connectivity index (χ4n) is 3.43. The van der Waals surface area contributed by atoms with Gasteiger partial charge in [0.25, 0.3) is 0 Å². The first-order valence-corrected chi connectivity index (χ1v) is 11.0. The lowest BCUT2D eigenvalue weighted by Gasteiger charge is -2.26. The van der Waals surface area contributed by atoms with Gasteiger partial charge in [-0.3, -0.25) is 9.69 Å². The van der Waals surface area contributed by atoms with Crippen LogP contribution in [0.2, 0.25) is 0 Å². The number of nitrogens with zero attached hydrogens (tertiary/aromatic N) is 1. The minimum absolute atomic E-state index is 0.406. The molecule has 5 heteroatoms. The van der Waals surface area contributed by atoms with Crippen molar-refractivity contribution in [2.45, 2.75) is 46.5 Å². The lowest BCUT2D eigenvalue weighted by atomic mass is 9.94. The maximum Gasteiger partial charge on any atom is 0.307 e. The summed E-state index contributed by atoms with van der Waals surface area (Å²) < 4.78 is 11.2. The van der Waals surface area contributed by atoms with Crippen molar-refractivity contribution in [2.24, 2.45) is 5.92 Å². The number of rotatable bonds is 12. The summed E-state index contributed by atoms with van der Waals surface area (Å²) in [6.07, 6.45) is 7.38. The maximum atomic E-state index is 11.7. The Labute approximate surface area is 181 Å². The highest BCUT2D eigenvalue weighted by molar-refractivity contribution is 5.70. The van der Waals surface area contributed by atoms with E-state index in [4.69, 9.17) is 9.47 Å². The first kappa shape index (κ1) is 24.2. The van der Waals surface area contributed by atoms with E-state index in [9.17, 15) is 9.90 Å². The lowest BCUT2D eigenvalue weighted by molar-refractivity contribution is -0.141. The van der Waals surface area contributed by atoms with Crippen molar-refractivity contribution >= 4 is 5.97 Å². The average Bonchev–Trinajstić information content (AvgIpc) is 2.72. The van der Waals surface area contributed by atoms with Crippen LogP contribution in [0.3, 0.4) is 0 Å². The predicted octanol–water partition coefficient (Wildman–Crippen LogP) is 4.72. The third-order valence-electron chi connectivity index (χ3n) is 5.38. The van der Waals surface area contributed by atoms with Crippen molar-refractivity contribution in [3.05, 3.63) is 53.1 Å². The number of carboxylic acids is 1. The third-order valence-corrected chi connectivity index (χ3v) is 5.38. The standard InChI is InChI=1S/C25H37NO4/c1-20(2)5-4-6-21(3)7-10-23(25(27)28)19-22-8-11-24(12-9-22)30-18-15-26-13-16-29-17-14-26/h5,7-9,11-12,23H,4,6,10,13-19H2,1-3H3,(H,27,28). The molecular weight excluding hydrogens is 378 g/mol. The molecule has 0 radical (unpaired) electrons. The Bertz CT molecular complexity index is 698. The van der Waals surface area contributed by atoms with Crippen LogP contribution >= 0.6 is 0 Å². The summed E-state index contributed by atoms with van der Waals surface area (Å²) in [5.41, 5.74) is 3.60. The van der Waals surface area contributed by atoms with Crippen molar-refractivity contribution in [1.82, 2.24) is 4.90 Å². The van der Waals surface area contributed by atoms with Crippen molar-refractivity contribution < 1.29 is 19.4 Å². The number of ether oxygens (including phenoxy) is 2. The highest BCUT2D eigenvalue weighted by atomic mass is 16.5. The zero-order valence-electron chi connectivity index (χ0n) is 18.7. The van der Waals surface area contributed by atoms with E-state index in [1.807, 2.05) is 24.3 Å². The van der Waals surface area contributed by atoms with Gasteiger partial charge in [-0.15, -0.1) is 0 Å². The van der Waals surface area contributed by atoms with E-state index in [1.54, 1.807) is 0 Å². The molecule has 1 unspecified atom stereocenters. The molecule has 1 aliphatic heterocycles. The summed E-state index contributed by atoms with van der Waals surface area (Å²) in [6, 6.07) is 7.83. The molecule has 1 aromatic carbocycles. The predicted molar refractivity (Wildman–Crippen MR) is 121 cm³/mol. The van der Waals surface area contributed by atoms with E-state index in [0.29, 0.717) is 19.4 Å². The van der Waals surface area contributed by atoms with Gasteiger partial charge in [-0.2, -0.15) is 0 Å². The SMILES string of the molecule is CC(C)=CCCC(C)=CCC(Cc1ccc(OCCN2CCOCC2)cc1)C(=O)O. The van der Waals surface area contributed by atoms with E-state index >= 15 is 0 Å². The molecule has 166 valence electrons. The molecule has 0 bridgehead atoms. The van der Waals surface area contributed by atoms with Crippen LogP contribution in [0.25, 0.3) is 0 Å². The molecule has 0 aromatic heterocycles. The lowest BCUT2D eigenvalue weighted by Crippen LogP contribution is -2.38. The van der Waals surface area contributed by atoms with E-state index in [0.717, 1.165) is 57.0 Å². The molecule has 5 nitrogen and oxygen atoms in total. The molecule has 1 aliphatic rings. The third kappa shape index (κ3) is 9.59. The Hall–Kier alpha value is -2.11. The average molecular weight is 416 g/mol. The number of morpholine rings is 1. The summed E-state index contributed by atoms with van der Waals surface area (Å²) in [5, 5.41) is 9.61. The van der Waals surface area contributed by atoms with Crippen LogP contribution in [0.4, 0.5) is 0 Å². The van der Waals surface area contributed by atoms with Crippen LogP contribution < -0.4 is 4.74 Å². The number of benzene rings is 1. The Morgan fingerprint density at radius 3 is 2.50 bits per heavy atom. The molecule has 0 aliphatic carbocycles. The van der Waals surface area contributed by atoms with Gasteiger partial charge in [-0.1, -0.05) is 35.4 Å². The minimum atomic E-state index is -0.741. The molecular formula is C25H37NO4. The van der Waals surface area contributed by atoms with E-state index < -0.39 is 11.9 Å². The van der Waals surface area contributed by atoms with Crippen LogP contribution in [0.1, 0.15) is 45.6 Å². The zero-order chi connectivity index (χ0) is 21.8. The quantitative estimate of drug-likeness (QED) is 0.501. The van der Waals surface area contributed by atoms with E-state index in [-0.39, 0.29) is 0 Å². The number of carbonyl (C=O) groups is 1. The first-order valence-electron chi connectivity index (χ1n) is 11.0. The van der Waals surface area contributed by atoms with Crippen molar-refractivity contribution in [3.8, 4) is 5.75 Å². The van der Waals surface area contributed by atoms with Gasteiger partial charge in [0.2, 0.25) is 0 Å². The molecule has 0 spiro atoms. The highest BCUT2D eigenvalue weighted by Gasteiger charge is 2.17. The van der Waals surface area contributed by atoms with Crippen molar-refractivity contribution in [3.63, 3.8) is 0 Å². The molecule has 1 heterocycles. The summed E-state index contributed by atoms with van der Waals surface area (Å²) in [6.45, 7) is 11.3. The number of aliphatic carboxylic acids is 1. The summed E-state index contributed by atoms with van der Waals surface area (Å²) in [4.78, 5) is 14.0. The number of carboxylic acid groups (broad SMARTS) is 1. The Kier molecular flexibility index (Phi) is 10.7. The van der Waals surface area contributed by atoms with E-state index in [2.05, 4.69) is 37.8 Å². The number of hydrogen-bond donors (Lipinski definition) is 1. The Morgan fingerprint density at radius 1 is 1.17 bits per heavy atom. The largest absolute Gasteiger partial charge is 0.492 e. The van der Waals surface area contributed by atoms with Crippen LogP contribution in [0.5, 0.6) is 5.75 Å². The zero-order valence-corrected chi connectivity index (χ0v) is 18.7. The second kappa shape index (κ2) is 13.2. The molecule has 2 rings (SSSR count). The van der Waals surface area contributed by atoms with Gasteiger partial charge < -0.3 is 14.6 Å². The molecule has 1 fully saturated rings. The van der Waals surface area contributed by atoms with Gasteiger partial charge in [0, 0.05) is 19.6 Å². The highest BCUT2D eigenvalue weighted by Crippen LogP contribution is 2.19. The van der Waals surface area contributed by atoms with Gasteiger partial charge in [0.15, 0.2) is 0 Å². The molecule has 1 N–H and O–H groups in total. The number of hydrogen-bond acceptors (Lipinski definition) is 4. The molecule has 0 amide bonds. The fraction of sp³-hybridized carbons (Fsp3) is 0.560. The second-order valence-electron chi connectivity index (χ2n) is 8.29. The first-order chi connectivity index (χ1) is 14.4. The summed E-state index contributed by atoms with van der Waals surface area (Å²) in [7, 11) is 0. The van der Waals surface area contributed by atoms with Gasteiger partial charge in [-0.25, -0.2) is 0 Å². The summed E-state index contributed by atoms with van der Waals surface area (Å²) >= 11 is 0. The maximum absolute atomic E-state index is 11.7. The number of allylic oxidation sites excluding steroid dienone is 4. The Morgan fingerprint density at radius 2 is 1.87 bits per heavy atom. The molecule has 1 atom stereocenters. The van der Waals surface area contributed by atoms with Crippen molar-refractivity contribution in [1.29, 1.82) is 0 Å². The van der Waals surface area contributed by atoms with Crippen molar-refractivity contribution in [2.75, 3.05) is 39.5 Å². The van der Waals surface area contributed by atoms with Crippen LogP contribution in [0, 0.1) is 5.92 Å². The van der Waals surface area contributed by atoms with Crippen LogP contribution in [0.15, 0.2) is 47.6 Å². The summed E-state index contributed by atoms with van der Waals surface area (Å²) in [5.74, 6) is -0.320. The van der Waals surface area contributed by atoms with Gasteiger partial charge in [0.1, 0.15) is 12.4 Å². The smallest absolute Gasteiger partial charge is 0.307 e. The molecule has 1 saturated heterocycles. The fourth-order valence-corrected chi connectivity index (χ4v) is 3.43. The van der Waals surface area contributed by atoms with Gasteiger partial charge in [0.05, 0.1) is 19.1 Å². The minimum Gasteiger partial charge on any atom is -0.492 e. The van der Waals surface area contributed by atoms with Gasteiger partial charge in [-0.05, 0) is 64.2 Å². The van der Waals surface area contributed by atoms with Crippen LogP contribution in [-0.2, 0) is 16.0 Å². The van der Waals surface area contributed by atoms with Crippen LogP contribution in [-0.4, -0.2) is 55.4 Å². The molecule has 30 heavy (non-hydrogen) atoms. The molecule has 0 saturated carbocycles. The van der Waals surface area contributed by atoms with Gasteiger partial charge >= 0.3 is 5.97 Å². The Balaban J connectivity index is 1.79.